The Kier molecular flexibility index (Phi) is 3.32. The number of fused-ring (bicyclic) bond motifs is 1. The van der Waals surface area contributed by atoms with E-state index in [1.165, 1.54) is 7.05 Å². The first-order valence-electron chi connectivity index (χ1n) is 5.71. The molecule has 5 heteroatoms. The highest BCUT2D eigenvalue weighted by Crippen LogP contribution is 2.14. The molecule has 0 saturated carbocycles. The Labute approximate surface area is 105 Å². The lowest BCUT2D eigenvalue weighted by Gasteiger charge is -2.12. The van der Waals surface area contributed by atoms with E-state index >= 15 is 0 Å². The fraction of sp³-hybridized carbons (Fsp3) is 0.231. The molecule has 0 bridgehead atoms. The molecule has 0 aliphatic carbocycles. The van der Waals surface area contributed by atoms with E-state index in [-0.39, 0.29) is 11.8 Å². The first-order valence-corrected chi connectivity index (χ1v) is 5.71. The maximum absolute atomic E-state index is 11.9. The quantitative estimate of drug-likeness (QED) is 0.755. The van der Waals surface area contributed by atoms with Crippen molar-refractivity contribution in [3.05, 3.63) is 36.0 Å². The molecule has 2 rings (SSSR count). The molecule has 0 saturated heterocycles. The smallest absolute Gasteiger partial charge is 0.251 e. The SMILES string of the molecule is CNC(=O)C(C)NC(=O)c1ccc2[nH]ccc2c1. The molecule has 5 nitrogen and oxygen atoms in total. The molecule has 0 fully saturated rings. The van der Waals surface area contributed by atoms with Crippen LogP contribution in [0.15, 0.2) is 30.5 Å². The molecule has 2 aromatic rings. The van der Waals surface area contributed by atoms with Crippen molar-refractivity contribution in [2.75, 3.05) is 7.05 Å². The van der Waals surface area contributed by atoms with Gasteiger partial charge in [-0.3, -0.25) is 9.59 Å². The van der Waals surface area contributed by atoms with Gasteiger partial charge in [-0.2, -0.15) is 0 Å². The minimum atomic E-state index is -0.551. The van der Waals surface area contributed by atoms with Crippen LogP contribution in [0.4, 0.5) is 0 Å². The lowest BCUT2D eigenvalue weighted by atomic mass is 10.1. The fourth-order valence-corrected chi connectivity index (χ4v) is 1.76. The number of aromatic amines is 1. The Morgan fingerprint density at radius 3 is 2.78 bits per heavy atom. The van der Waals surface area contributed by atoms with Gasteiger partial charge in [0.2, 0.25) is 5.91 Å². The van der Waals surface area contributed by atoms with Crippen molar-refractivity contribution in [1.82, 2.24) is 15.6 Å². The van der Waals surface area contributed by atoms with Gasteiger partial charge in [0.25, 0.3) is 5.91 Å². The Morgan fingerprint density at radius 1 is 1.28 bits per heavy atom. The summed E-state index contributed by atoms with van der Waals surface area (Å²) in [7, 11) is 1.54. The summed E-state index contributed by atoms with van der Waals surface area (Å²) in [5, 5.41) is 6.10. The van der Waals surface area contributed by atoms with Crippen LogP contribution in [-0.4, -0.2) is 29.9 Å². The average Bonchev–Trinajstić information content (AvgIpc) is 2.84. The second kappa shape index (κ2) is 4.91. The van der Waals surface area contributed by atoms with Crippen molar-refractivity contribution in [3.8, 4) is 0 Å². The highest BCUT2D eigenvalue weighted by atomic mass is 16.2. The first kappa shape index (κ1) is 12.2. The van der Waals surface area contributed by atoms with E-state index in [4.69, 9.17) is 0 Å². The molecule has 94 valence electrons. The van der Waals surface area contributed by atoms with Gasteiger partial charge >= 0.3 is 0 Å². The van der Waals surface area contributed by atoms with Crippen LogP contribution in [0.5, 0.6) is 0 Å². The van der Waals surface area contributed by atoms with Crippen LogP contribution in [0.3, 0.4) is 0 Å². The van der Waals surface area contributed by atoms with Gasteiger partial charge in [-0.25, -0.2) is 0 Å². The van der Waals surface area contributed by atoms with Crippen molar-refractivity contribution < 1.29 is 9.59 Å². The zero-order chi connectivity index (χ0) is 13.1. The minimum absolute atomic E-state index is 0.217. The summed E-state index contributed by atoms with van der Waals surface area (Å²) in [6, 6.07) is 6.70. The third kappa shape index (κ3) is 2.34. The third-order valence-electron chi connectivity index (χ3n) is 2.80. The van der Waals surface area contributed by atoms with E-state index in [0.717, 1.165) is 10.9 Å². The summed E-state index contributed by atoms with van der Waals surface area (Å²) >= 11 is 0. The zero-order valence-electron chi connectivity index (χ0n) is 10.3. The number of amides is 2. The van der Waals surface area contributed by atoms with Crippen LogP contribution >= 0.6 is 0 Å². The van der Waals surface area contributed by atoms with Gasteiger partial charge in [0, 0.05) is 29.7 Å². The van der Waals surface area contributed by atoms with E-state index < -0.39 is 6.04 Å². The predicted molar refractivity (Wildman–Crippen MR) is 69.3 cm³/mol. The number of aromatic nitrogens is 1. The Hall–Kier alpha value is -2.30. The Bertz CT molecular complexity index is 589. The van der Waals surface area contributed by atoms with E-state index in [1.54, 1.807) is 19.1 Å². The van der Waals surface area contributed by atoms with Gasteiger partial charge in [0.1, 0.15) is 6.04 Å². The summed E-state index contributed by atoms with van der Waals surface area (Å²) in [4.78, 5) is 26.3. The van der Waals surface area contributed by atoms with Crippen LogP contribution in [0.25, 0.3) is 10.9 Å². The van der Waals surface area contributed by atoms with Crippen LogP contribution < -0.4 is 10.6 Å². The van der Waals surface area contributed by atoms with Crippen LogP contribution in [-0.2, 0) is 4.79 Å². The third-order valence-corrected chi connectivity index (χ3v) is 2.80. The number of carbonyl (C=O) groups excluding carboxylic acids is 2. The topological polar surface area (TPSA) is 74.0 Å². The summed E-state index contributed by atoms with van der Waals surface area (Å²) in [5.74, 6) is -0.472. The Balaban J connectivity index is 2.15. The molecule has 3 N–H and O–H groups in total. The van der Waals surface area contributed by atoms with Crippen molar-refractivity contribution in [1.29, 1.82) is 0 Å². The van der Waals surface area contributed by atoms with Gasteiger partial charge in [-0.1, -0.05) is 0 Å². The number of rotatable bonds is 3. The molecule has 18 heavy (non-hydrogen) atoms. The number of benzene rings is 1. The van der Waals surface area contributed by atoms with Crippen molar-refractivity contribution in [2.24, 2.45) is 0 Å². The maximum Gasteiger partial charge on any atom is 0.251 e. The first-order chi connectivity index (χ1) is 8.61. The number of carbonyl (C=O) groups is 2. The Morgan fingerprint density at radius 2 is 2.06 bits per heavy atom. The lowest BCUT2D eigenvalue weighted by molar-refractivity contribution is -0.122. The van der Waals surface area contributed by atoms with Gasteiger partial charge in [-0.15, -0.1) is 0 Å². The van der Waals surface area contributed by atoms with Crippen molar-refractivity contribution in [2.45, 2.75) is 13.0 Å². The fourth-order valence-electron chi connectivity index (χ4n) is 1.76. The van der Waals surface area contributed by atoms with Gasteiger partial charge in [0.05, 0.1) is 0 Å². The molecule has 0 aliphatic heterocycles. The number of hydrogen-bond acceptors (Lipinski definition) is 2. The van der Waals surface area contributed by atoms with Crippen molar-refractivity contribution in [3.63, 3.8) is 0 Å². The molecule has 1 heterocycles. The van der Waals surface area contributed by atoms with E-state index in [9.17, 15) is 9.59 Å². The lowest BCUT2D eigenvalue weighted by Crippen LogP contribution is -2.43. The summed E-state index contributed by atoms with van der Waals surface area (Å²) in [6.07, 6.45) is 1.82. The molecule has 0 radical (unpaired) electrons. The maximum atomic E-state index is 11.9. The second-order valence-corrected chi connectivity index (χ2v) is 4.09. The molecular weight excluding hydrogens is 230 g/mol. The standard InChI is InChI=1S/C13H15N3O2/c1-8(12(17)14-2)16-13(18)10-3-4-11-9(7-10)5-6-15-11/h3-8,15H,1-2H3,(H,14,17)(H,16,18). The van der Waals surface area contributed by atoms with Crippen molar-refractivity contribution >= 4 is 22.7 Å². The minimum Gasteiger partial charge on any atom is -0.361 e. The molecule has 1 atom stereocenters. The van der Waals surface area contributed by atoms with Gasteiger partial charge < -0.3 is 15.6 Å². The number of hydrogen-bond donors (Lipinski definition) is 3. The van der Waals surface area contributed by atoms with Gasteiger partial charge in [-0.05, 0) is 31.2 Å². The largest absolute Gasteiger partial charge is 0.361 e. The van der Waals surface area contributed by atoms with Crippen LogP contribution in [0.1, 0.15) is 17.3 Å². The van der Waals surface area contributed by atoms with E-state index in [2.05, 4.69) is 15.6 Å². The molecule has 1 aromatic carbocycles. The summed E-state index contributed by atoms with van der Waals surface area (Å²) in [5.41, 5.74) is 1.52. The van der Waals surface area contributed by atoms with E-state index in [1.807, 2.05) is 18.3 Å². The second-order valence-electron chi connectivity index (χ2n) is 4.09. The van der Waals surface area contributed by atoms with Crippen LogP contribution in [0, 0.1) is 0 Å². The molecule has 1 unspecified atom stereocenters. The highest BCUT2D eigenvalue weighted by molar-refractivity contribution is 6.00. The molecule has 2 amide bonds. The molecule has 0 spiro atoms. The van der Waals surface area contributed by atoms with Gasteiger partial charge in [0.15, 0.2) is 0 Å². The van der Waals surface area contributed by atoms with Crippen LogP contribution in [0.2, 0.25) is 0 Å². The average molecular weight is 245 g/mol. The summed E-state index contributed by atoms with van der Waals surface area (Å²) in [6.45, 7) is 1.64. The predicted octanol–water partition coefficient (Wildman–Crippen LogP) is 1.03. The van der Waals surface area contributed by atoms with E-state index in [0.29, 0.717) is 5.56 Å². The molecule has 1 aromatic heterocycles. The summed E-state index contributed by atoms with van der Waals surface area (Å²) < 4.78 is 0. The number of nitrogens with one attached hydrogen (secondary N) is 3. The highest BCUT2D eigenvalue weighted by Gasteiger charge is 2.15. The molecule has 0 aliphatic rings. The number of H-pyrrole nitrogens is 1. The zero-order valence-corrected chi connectivity index (χ0v) is 10.3. The molecular formula is C13H15N3O2. The number of likely N-dealkylation sites (N-methyl/N-ethyl adjacent to an activating group) is 1. The monoisotopic (exact) mass is 245 g/mol. The normalized spacial score (nSPS) is 12.1.